The van der Waals surface area contributed by atoms with Crippen LogP contribution in [0, 0.1) is 6.92 Å². The van der Waals surface area contributed by atoms with Gasteiger partial charge in [-0.2, -0.15) is 5.10 Å². The molecule has 0 spiro atoms. The van der Waals surface area contributed by atoms with E-state index in [0.29, 0.717) is 35.0 Å². The van der Waals surface area contributed by atoms with Crippen molar-refractivity contribution in [1.29, 1.82) is 0 Å². The number of hydrogen-bond donors (Lipinski definition) is 1. The molecule has 1 aliphatic heterocycles. The number of nitrogens with zero attached hydrogens (tertiary/aromatic N) is 3. The van der Waals surface area contributed by atoms with Crippen molar-refractivity contribution in [3.8, 4) is 5.75 Å². The number of hydroxylamine groups is 2. The SMILES string of the molecule is Cc1cc(COC(=O)ON2CCc3ccccc3C2c2cc(Cl)ccc2OCC(=O)O)nn1C. The number of carbonyl (C=O) groups is 2. The summed E-state index contributed by atoms with van der Waals surface area (Å²) in [6, 6.07) is 13.9. The van der Waals surface area contributed by atoms with Crippen LogP contribution >= 0.6 is 11.6 Å². The Morgan fingerprint density at radius 2 is 1.97 bits per heavy atom. The van der Waals surface area contributed by atoms with E-state index >= 15 is 0 Å². The Morgan fingerprint density at radius 1 is 1.18 bits per heavy atom. The first-order chi connectivity index (χ1) is 16.3. The summed E-state index contributed by atoms with van der Waals surface area (Å²) in [5.74, 6) is -0.772. The molecule has 1 aromatic heterocycles. The minimum atomic E-state index is -1.11. The van der Waals surface area contributed by atoms with Gasteiger partial charge in [0.1, 0.15) is 18.1 Å². The molecule has 3 aromatic rings. The lowest BCUT2D eigenvalue weighted by molar-refractivity contribution is -0.152. The number of aryl methyl sites for hydroxylation is 2. The number of rotatable bonds is 7. The second kappa shape index (κ2) is 10.1. The van der Waals surface area contributed by atoms with Gasteiger partial charge in [0.2, 0.25) is 0 Å². The predicted molar refractivity (Wildman–Crippen MR) is 122 cm³/mol. The molecule has 0 aliphatic carbocycles. The van der Waals surface area contributed by atoms with Gasteiger partial charge in [0.05, 0.1) is 6.04 Å². The van der Waals surface area contributed by atoms with Crippen LogP contribution in [0.2, 0.25) is 5.02 Å². The number of halogens is 1. The molecule has 0 fully saturated rings. The Bertz CT molecular complexity index is 1190. The fourth-order valence-electron chi connectivity index (χ4n) is 3.93. The predicted octanol–water partition coefficient (Wildman–Crippen LogP) is 4.06. The molecule has 4 rings (SSSR count). The van der Waals surface area contributed by atoms with Gasteiger partial charge in [-0.1, -0.05) is 35.9 Å². The Hall–Kier alpha value is -3.56. The molecule has 1 aliphatic rings. The minimum absolute atomic E-state index is 0.0280. The summed E-state index contributed by atoms with van der Waals surface area (Å²) < 4.78 is 12.5. The van der Waals surface area contributed by atoms with Crippen LogP contribution in [-0.2, 0) is 34.4 Å². The van der Waals surface area contributed by atoms with Crippen molar-refractivity contribution in [3.05, 3.63) is 81.6 Å². The molecule has 178 valence electrons. The lowest BCUT2D eigenvalue weighted by Gasteiger charge is -2.36. The van der Waals surface area contributed by atoms with Gasteiger partial charge in [-0.05, 0) is 48.7 Å². The minimum Gasteiger partial charge on any atom is -0.482 e. The summed E-state index contributed by atoms with van der Waals surface area (Å²) in [5, 5.41) is 15.3. The van der Waals surface area contributed by atoms with Crippen LogP contribution in [0.5, 0.6) is 5.75 Å². The third-order valence-electron chi connectivity index (χ3n) is 5.55. The molecular weight excluding hydrogens is 462 g/mol. The maximum Gasteiger partial charge on any atom is 0.528 e. The lowest BCUT2D eigenvalue weighted by atomic mass is 9.89. The van der Waals surface area contributed by atoms with Gasteiger partial charge in [-0.15, -0.1) is 5.06 Å². The molecule has 0 bridgehead atoms. The van der Waals surface area contributed by atoms with Crippen LogP contribution in [-0.4, -0.2) is 45.2 Å². The highest BCUT2D eigenvalue weighted by Crippen LogP contribution is 2.40. The first kappa shape index (κ1) is 23.6. The van der Waals surface area contributed by atoms with E-state index in [4.69, 9.17) is 31.0 Å². The zero-order valence-electron chi connectivity index (χ0n) is 18.7. The number of carboxylic acid groups (broad SMARTS) is 1. The van der Waals surface area contributed by atoms with Crippen molar-refractivity contribution in [2.45, 2.75) is 26.0 Å². The molecule has 10 heteroatoms. The van der Waals surface area contributed by atoms with Crippen LogP contribution < -0.4 is 4.74 Å². The van der Waals surface area contributed by atoms with Crippen LogP contribution in [0.1, 0.15) is 34.1 Å². The van der Waals surface area contributed by atoms with Gasteiger partial charge >= 0.3 is 12.1 Å². The Labute approximate surface area is 201 Å². The molecule has 2 aromatic carbocycles. The highest BCUT2D eigenvalue weighted by molar-refractivity contribution is 6.30. The van der Waals surface area contributed by atoms with Crippen LogP contribution in [0.3, 0.4) is 0 Å². The van der Waals surface area contributed by atoms with E-state index in [1.54, 1.807) is 22.9 Å². The zero-order chi connectivity index (χ0) is 24.2. The Morgan fingerprint density at radius 3 is 2.71 bits per heavy atom. The van der Waals surface area contributed by atoms with Gasteiger partial charge < -0.3 is 19.4 Å². The van der Waals surface area contributed by atoms with Crippen LogP contribution in [0.15, 0.2) is 48.5 Å². The van der Waals surface area contributed by atoms with E-state index in [0.717, 1.165) is 16.8 Å². The van der Waals surface area contributed by atoms with E-state index in [2.05, 4.69) is 5.10 Å². The van der Waals surface area contributed by atoms with Gasteiger partial charge in [-0.25, -0.2) is 9.59 Å². The first-order valence-corrected chi connectivity index (χ1v) is 11.0. The summed E-state index contributed by atoms with van der Waals surface area (Å²) in [5.41, 5.74) is 4.10. The smallest absolute Gasteiger partial charge is 0.482 e. The summed E-state index contributed by atoms with van der Waals surface area (Å²) in [7, 11) is 1.81. The second-order valence-electron chi connectivity index (χ2n) is 7.89. The van der Waals surface area contributed by atoms with Crippen molar-refractivity contribution >= 4 is 23.7 Å². The maximum atomic E-state index is 12.6. The summed E-state index contributed by atoms with van der Waals surface area (Å²) in [6.07, 6.45) is -0.228. The lowest BCUT2D eigenvalue weighted by Crippen LogP contribution is -2.38. The fourth-order valence-corrected chi connectivity index (χ4v) is 4.11. The number of fused-ring (bicyclic) bond motifs is 1. The highest BCUT2D eigenvalue weighted by atomic mass is 35.5. The molecule has 0 saturated heterocycles. The molecule has 0 amide bonds. The van der Waals surface area contributed by atoms with Crippen molar-refractivity contribution < 1.29 is 29.0 Å². The normalized spacial score (nSPS) is 15.4. The van der Waals surface area contributed by atoms with Crippen molar-refractivity contribution in [2.24, 2.45) is 7.05 Å². The van der Waals surface area contributed by atoms with Gasteiger partial charge in [0.15, 0.2) is 6.61 Å². The van der Waals surface area contributed by atoms with Crippen LogP contribution in [0.4, 0.5) is 4.79 Å². The monoisotopic (exact) mass is 485 g/mol. The Kier molecular flexibility index (Phi) is 7.04. The molecule has 0 saturated carbocycles. The van der Waals surface area contributed by atoms with Gasteiger partial charge in [0.25, 0.3) is 0 Å². The van der Waals surface area contributed by atoms with E-state index in [1.807, 2.05) is 44.3 Å². The van der Waals surface area contributed by atoms with Crippen LogP contribution in [0.25, 0.3) is 0 Å². The fraction of sp³-hybridized carbons (Fsp3) is 0.292. The van der Waals surface area contributed by atoms with E-state index in [-0.39, 0.29) is 6.61 Å². The molecule has 34 heavy (non-hydrogen) atoms. The number of carbonyl (C=O) groups excluding carboxylic acids is 1. The van der Waals surface area contributed by atoms with Gasteiger partial charge in [-0.3, -0.25) is 4.68 Å². The average Bonchev–Trinajstić information content (AvgIpc) is 3.13. The van der Waals surface area contributed by atoms with Crippen molar-refractivity contribution in [2.75, 3.05) is 13.2 Å². The summed E-state index contributed by atoms with van der Waals surface area (Å²) >= 11 is 6.28. The van der Waals surface area contributed by atoms with E-state index in [1.165, 1.54) is 5.06 Å². The highest BCUT2D eigenvalue weighted by Gasteiger charge is 2.34. The quantitative estimate of drug-likeness (QED) is 0.500. The topological polar surface area (TPSA) is 103 Å². The van der Waals surface area contributed by atoms with Crippen molar-refractivity contribution in [1.82, 2.24) is 14.8 Å². The summed E-state index contributed by atoms with van der Waals surface area (Å²) in [4.78, 5) is 29.3. The van der Waals surface area contributed by atoms with Crippen molar-refractivity contribution in [3.63, 3.8) is 0 Å². The van der Waals surface area contributed by atoms with E-state index in [9.17, 15) is 9.59 Å². The number of benzene rings is 2. The third-order valence-corrected chi connectivity index (χ3v) is 5.79. The number of hydrogen-bond acceptors (Lipinski definition) is 7. The second-order valence-corrected chi connectivity index (χ2v) is 8.32. The molecule has 1 unspecified atom stereocenters. The standard InChI is InChI=1S/C24H24ClN3O6/c1-15-11-18(26-27(15)2)13-33-24(31)34-28-10-9-16-5-3-4-6-19(16)23(28)20-12-17(25)7-8-21(20)32-14-22(29)30/h3-8,11-12,23H,9-10,13-14H2,1-2H3,(H,29,30). The molecule has 1 N–H and O–H groups in total. The molecular formula is C24H24ClN3O6. The first-order valence-electron chi connectivity index (χ1n) is 10.6. The summed E-state index contributed by atoms with van der Waals surface area (Å²) in [6.45, 7) is 1.75. The number of aliphatic carboxylic acids is 1. The molecule has 1 atom stereocenters. The molecule has 9 nitrogen and oxygen atoms in total. The van der Waals surface area contributed by atoms with E-state index < -0.39 is 24.8 Å². The molecule has 0 radical (unpaired) electrons. The molecule has 2 heterocycles. The maximum absolute atomic E-state index is 12.6. The Balaban J connectivity index is 1.60. The zero-order valence-corrected chi connectivity index (χ0v) is 19.5. The average molecular weight is 486 g/mol. The third kappa shape index (κ3) is 5.32. The van der Waals surface area contributed by atoms with Gasteiger partial charge in [0, 0.05) is 29.9 Å². The number of aromatic nitrogens is 2. The largest absolute Gasteiger partial charge is 0.528 e. The number of carboxylic acids is 1. The number of ether oxygens (including phenoxy) is 2.